The Kier molecular flexibility index (Phi) is 3.35. The zero-order chi connectivity index (χ0) is 10.7. The Bertz CT molecular complexity index is 379. The first-order chi connectivity index (χ1) is 6.50. The van der Waals surface area contributed by atoms with Crippen molar-refractivity contribution in [3.63, 3.8) is 0 Å². The summed E-state index contributed by atoms with van der Waals surface area (Å²) in [4.78, 5) is 10.1. The molecule has 74 valence electrons. The second-order valence-corrected chi connectivity index (χ2v) is 3.26. The molecule has 0 radical (unpaired) electrons. The van der Waals surface area contributed by atoms with E-state index in [1.807, 2.05) is 0 Å². The van der Waals surface area contributed by atoms with Crippen molar-refractivity contribution in [3.8, 4) is 0 Å². The maximum Gasteiger partial charge on any atom is 0.328 e. The number of carboxylic acid groups (broad SMARTS) is 1. The summed E-state index contributed by atoms with van der Waals surface area (Å²) in [6.45, 7) is 0. The number of carboxylic acids is 1. The van der Waals surface area contributed by atoms with Gasteiger partial charge >= 0.3 is 5.97 Å². The van der Waals surface area contributed by atoms with Crippen molar-refractivity contribution < 1.29 is 18.7 Å². The van der Waals surface area contributed by atoms with Gasteiger partial charge in [0.05, 0.1) is 4.47 Å². The normalized spacial score (nSPS) is 10.8. The van der Waals surface area contributed by atoms with Gasteiger partial charge in [0.1, 0.15) is 11.6 Å². The van der Waals surface area contributed by atoms with Gasteiger partial charge in [-0.1, -0.05) is 0 Å². The Morgan fingerprint density at radius 2 is 1.86 bits per heavy atom. The molecule has 0 aliphatic rings. The maximum absolute atomic E-state index is 12.9. The molecule has 0 bridgehead atoms. The van der Waals surface area contributed by atoms with Crippen LogP contribution in [-0.2, 0) is 4.79 Å². The first-order valence-corrected chi connectivity index (χ1v) is 4.35. The number of halogens is 3. The van der Waals surface area contributed by atoms with E-state index in [1.54, 1.807) is 0 Å². The van der Waals surface area contributed by atoms with Crippen LogP contribution in [-0.4, -0.2) is 11.1 Å². The third-order valence-electron chi connectivity index (χ3n) is 1.42. The number of hydrogen-bond donors (Lipinski definition) is 1. The second kappa shape index (κ2) is 4.32. The lowest BCUT2D eigenvalue weighted by Crippen LogP contribution is -1.88. The van der Waals surface area contributed by atoms with E-state index in [9.17, 15) is 13.6 Å². The highest BCUT2D eigenvalue weighted by molar-refractivity contribution is 9.10. The average Bonchev–Trinajstić information content (AvgIpc) is 2.10. The highest BCUT2D eigenvalue weighted by Crippen LogP contribution is 2.21. The summed E-state index contributed by atoms with van der Waals surface area (Å²) in [6.07, 6.45) is 1.92. The largest absolute Gasteiger partial charge is 0.478 e. The Labute approximate surface area is 87.0 Å². The lowest BCUT2D eigenvalue weighted by atomic mass is 10.2. The summed E-state index contributed by atoms with van der Waals surface area (Å²) in [5, 5.41) is 8.28. The monoisotopic (exact) mass is 262 g/mol. The molecule has 2 nitrogen and oxygen atoms in total. The first-order valence-electron chi connectivity index (χ1n) is 3.56. The third kappa shape index (κ3) is 2.63. The SMILES string of the molecule is O=C(O)C=Cc1cc(F)c(Br)c(F)c1. The van der Waals surface area contributed by atoms with Gasteiger partial charge in [0.25, 0.3) is 0 Å². The summed E-state index contributed by atoms with van der Waals surface area (Å²) in [7, 11) is 0. The molecule has 0 heterocycles. The Morgan fingerprint density at radius 1 is 1.36 bits per heavy atom. The fourth-order valence-electron chi connectivity index (χ4n) is 0.839. The molecule has 0 unspecified atom stereocenters. The van der Waals surface area contributed by atoms with E-state index in [4.69, 9.17) is 5.11 Å². The summed E-state index contributed by atoms with van der Waals surface area (Å²) >= 11 is 2.70. The van der Waals surface area contributed by atoms with Crippen molar-refractivity contribution in [3.05, 3.63) is 39.9 Å². The Balaban J connectivity index is 3.07. The summed E-state index contributed by atoms with van der Waals surface area (Å²) in [6, 6.07) is 2.07. The van der Waals surface area contributed by atoms with Crippen molar-refractivity contribution in [2.75, 3.05) is 0 Å². The predicted molar refractivity (Wildman–Crippen MR) is 50.7 cm³/mol. The fraction of sp³-hybridized carbons (Fsp3) is 0. The second-order valence-electron chi connectivity index (χ2n) is 2.47. The average molecular weight is 263 g/mol. The molecule has 0 aliphatic heterocycles. The minimum atomic E-state index is -1.17. The number of aliphatic carboxylic acids is 1. The summed E-state index contributed by atoms with van der Waals surface area (Å²) in [5.74, 6) is -2.71. The van der Waals surface area contributed by atoms with E-state index in [1.165, 1.54) is 0 Å². The van der Waals surface area contributed by atoms with Gasteiger partial charge in [-0.3, -0.25) is 0 Å². The molecule has 1 N–H and O–H groups in total. The van der Waals surface area contributed by atoms with Crippen LogP contribution in [0.3, 0.4) is 0 Å². The van der Waals surface area contributed by atoms with E-state index in [0.29, 0.717) is 0 Å². The predicted octanol–water partition coefficient (Wildman–Crippen LogP) is 2.83. The van der Waals surface area contributed by atoms with Gasteiger partial charge in [-0.05, 0) is 39.7 Å². The van der Waals surface area contributed by atoms with Gasteiger partial charge in [-0.2, -0.15) is 0 Å². The topological polar surface area (TPSA) is 37.3 Å². The van der Waals surface area contributed by atoms with Crippen molar-refractivity contribution in [2.24, 2.45) is 0 Å². The van der Waals surface area contributed by atoms with Crippen LogP contribution in [0.4, 0.5) is 8.78 Å². The molecular weight excluding hydrogens is 258 g/mol. The third-order valence-corrected chi connectivity index (χ3v) is 2.18. The Morgan fingerprint density at radius 3 is 2.29 bits per heavy atom. The smallest absolute Gasteiger partial charge is 0.328 e. The van der Waals surface area contributed by atoms with Crippen molar-refractivity contribution in [1.82, 2.24) is 0 Å². The maximum atomic E-state index is 12.9. The number of rotatable bonds is 2. The molecule has 0 aromatic heterocycles. The molecule has 0 saturated heterocycles. The molecular formula is C9H5BrF2O2. The van der Waals surface area contributed by atoms with Gasteiger partial charge in [-0.15, -0.1) is 0 Å². The van der Waals surface area contributed by atoms with E-state index < -0.39 is 17.6 Å². The van der Waals surface area contributed by atoms with Crippen molar-refractivity contribution >= 4 is 28.0 Å². The first kappa shape index (κ1) is 10.8. The van der Waals surface area contributed by atoms with Crippen LogP contribution in [0, 0.1) is 11.6 Å². The number of carbonyl (C=O) groups is 1. The van der Waals surface area contributed by atoms with Gasteiger partial charge in [0.2, 0.25) is 0 Å². The van der Waals surface area contributed by atoms with Crippen molar-refractivity contribution in [1.29, 1.82) is 0 Å². The fourth-order valence-corrected chi connectivity index (χ4v) is 1.07. The molecule has 1 aromatic carbocycles. The molecule has 5 heteroatoms. The molecule has 1 rings (SSSR count). The zero-order valence-electron chi connectivity index (χ0n) is 6.80. The molecule has 0 spiro atoms. The quantitative estimate of drug-likeness (QED) is 0.658. The minimum Gasteiger partial charge on any atom is -0.478 e. The van der Waals surface area contributed by atoms with E-state index in [-0.39, 0.29) is 10.0 Å². The van der Waals surface area contributed by atoms with Crippen molar-refractivity contribution in [2.45, 2.75) is 0 Å². The molecule has 14 heavy (non-hydrogen) atoms. The van der Waals surface area contributed by atoms with E-state index in [2.05, 4.69) is 15.9 Å². The minimum absolute atomic E-state index is 0.158. The van der Waals surface area contributed by atoms with Crippen LogP contribution >= 0.6 is 15.9 Å². The lowest BCUT2D eigenvalue weighted by Gasteiger charge is -1.98. The van der Waals surface area contributed by atoms with Gasteiger partial charge in [0, 0.05) is 6.08 Å². The molecule has 0 fully saturated rings. The lowest BCUT2D eigenvalue weighted by molar-refractivity contribution is -0.131. The van der Waals surface area contributed by atoms with Crippen LogP contribution in [0.25, 0.3) is 6.08 Å². The molecule has 0 saturated carbocycles. The van der Waals surface area contributed by atoms with Crippen LogP contribution in [0.15, 0.2) is 22.7 Å². The molecule has 0 aliphatic carbocycles. The summed E-state index contributed by atoms with van der Waals surface area (Å²) < 4.78 is 25.5. The highest BCUT2D eigenvalue weighted by atomic mass is 79.9. The van der Waals surface area contributed by atoms with Crippen LogP contribution in [0.5, 0.6) is 0 Å². The summed E-state index contributed by atoms with van der Waals surface area (Å²) in [5.41, 5.74) is 0.158. The van der Waals surface area contributed by atoms with E-state index >= 15 is 0 Å². The number of benzene rings is 1. The van der Waals surface area contributed by atoms with Gasteiger partial charge in [-0.25, -0.2) is 13.6 Å². The van der Waals surface area contributed by atoms with E-state index in [0.717, 1.165) is 24.3 Å². The van der Waals surface area contributed by atoms with Gasteiger partial charge < -0.3 is 5.11 Å². The zero-order valence-corrected chi connectivity index (χ0v) is 8.38. The van der Waals surface area contributed by atoms with Crippen LogP contribution in [0.2, 0.25) is 0 Å². The van der Waals surface area contributed by atoms with Crippen LogP contribution < -0.4 is 0 Å². The molecule has 0 amide bonds. The van der Waals surface area contributed by atoms with Gasteiger partial charge in [0.15, 0.2) is 0 Å². The molecule has 0 atom stereocenters. The Hall–Kier alpha value is -1.23. The molecule has 1 aromatic rings. The highest BCUT2D eigenvalue weighted by Gasteiger charge is 2.06. The van der Waals surface area contributed by atoms with Crippen LogP contribution in [0.1, 0.15) is 5.56 Å². The standard InChI is InChI=1S/C9H5BrF2O2/c10-9-6(11)3-5(4-7(9)12)1-2-8(13)14/h1-4H,(H,13,14). The number of hydrogen-bond acceptors (Lipinski definition) is 1.